The smallest absolute Gasteiger partial charge is 0.326 e. The molecule has 0 unspecified atom stereocenters. The van der Waals surface area contributed by atoms with Gasteiger partial charge in [-0.15, -0.1) is 0 Å². The molecule has 0 bridgehead atoms. The summed E-state index contributed by atoms with van der Waals surface area (Å²) in [6.07, 6.45) is -0.214. The van der Waals surface area contributed by atoms with E-state index in [2.05, 4.69) is 5.32 Å². The maximum absolute atomic E-state index is 13.2. The summed E-state index contributed by atoms with van der Waals surface area (Å²) in [7, 11) is 0. The van der Waals surface area contributed by atoms with Crippen molar-refractivity contribution >= 4 is 22.6 Å². The molecule has 0 heterocycles. The molecule has 138 valence electrons. The predicted octanol–water partition coefficient (Wildman–Crippen LogP) is 3.47. The lowest BCUT2D eigenvalue weighted by molar-refractivity contribution is -0.141. The van der Waals surface area contributed by atoms with Gasteiger partial charge in [0.15, 0.2) is 0 Å². The molecule has 4 nitrogen and oxygen atoms in total. The Balaban J connectivity index is 1.75. The summed E-state index contributed by atoms with van der Waals surface area (Å²) in [6, 6.07) is 14.8. The number of benzene rings is 3. The zero-order valence-electron chi connectivity index (χ0n) is 14.3. The van der Waals surface area contributed by atoms with Crippen molar-refractivity contribution in [1.29, 1.82) is 0 Å². The molecule has 0 aliphatic rings. The number of halogens is 2. The third kappa shape index (κ3) is 4.67. The number of carbonyl (C=O) groups excluding carboxylic acids is 1. The van der Waals surface area contributed by atoms with Gasteiger partial charge in [-0.3, -0.25) is 4.79 Å². The number of nitrogens with one attached hydrogen (secondary N) is 1. The molecule has 0 radical (unpaired) electrons. The Morgan fingerprint density at radius 2 is 1.63 bits per heavy atom. The van der Waals surface area contributed by atoms with Gasteiger partial charge in [0, 0.05) is 12.5 Å². The minimum Gasteiger partial charge on any atom is -0.480 e. The van der Waals surface area contributed by atoms with Gasteiger partial charge >= 0.3 is 5.97 Å². The van der Waals surface area contributed by atoms with E-state index in [0.717, 1.165) is 28.5 Å². The van der Waals surface area contributed by atoms with E-state index in [4.69, 9.17) is 0 Å². The molecule has 3 aromatic carbocycles. The van der Waals surface area contributed by atoms with Crippen LogP contribution in [0, 0.1) is 11.6 Å². The van der Waals surface area contributed by atoms with E-state index in [1.54, 1.807) is 0 Å². The van der Waals surface area contributed by atoms with E-state index in [9.17, 15) is 23.5 Å². The Kier molecular flexibility index (Phi) is 5.45. The van der Waals surface area contributed by atoms with Gasteiger partial charge in [0.1, 0.15) is 17.7 Å². The summed E-state index contributed by atoms with van der Waals surface area (Å²) >= 11 is 0. The number of carbonyl (C=O) groups is 2. The van der Waals surface area contributed by atoms with Gasteiger partial charge in [-0.1, -0.05) is 42.5 Å². The summed E-state index contributed by atoms with van der Waals surface area (Å²) in [5.41, 5.74) is 0.928. The van der Waals surface area contributed by atoms with Crippen molar-refractivity contribution in [2.75, 3.05) is 0 Å². The lowest BCUT2D eigenvalue weighted by atomic mass is 9.98. The van der Waals surface area contributed by atoms with E-state index in [1.807, 2.05) is 42.5 Å². The zero-order chi connectivity index (χ0) is 19.4. The Labute approximate surface area is 154 Å². The number of carboxylic acid groups (broad SMARTS) is 1. The standard InChI is InChI=1S/C21H17F2NO3/c22-16-8-13(9-17(23)12-16)10-20(25)24-19(21(26)27)11-15-6-3-5-14-4-1-2-7-18(14)15/h1-9,12,19H,10-11H2,(H,24,25)(H,26,27)/t19-/m1/s1. The fourth-order valence-electron chi connectivity index (χ4n) is 3.03. The van der Waals surface area contributed by atoms with Crippen LogP contribution in [0.3, 0.4) is 0 Å². The average molecular weight is 369 g/mol. The first-order valence-corrected chi connectivity index (χ1v) is 8.36. The summed E-state index contributed by atoms with van der Waals surface area (Å²) in [5.74, 6) is -3.37. The topological polar surface area (TPSA) is 66.4 Å². The highest BCUT2D eigenvalue weighted by molar-refractivity contribution is 5.88. The second-order valence-electron chi connectivity index (χ2n) is 6.26. The van der Waals surface area contributed by atoms with Gasteiger partial charge in [-0.25, -0.2) is 13.6 Å². The van der Waals surface area contributed by atoms with Crippen LogP contribution in [-0.2, 0) is 22.4 Å². The number of amides is 1. The first kappa shape index (κ1) is 18.5. The van der Waals surface area contributed by atoms with Crippen LogP contribution in [0.15, 0.2) is 60.7 Å². The monoisotopic (exact) mass is 369 g/mol. The molecular formula is C21H17F2NO3. The van der Waals surface area contributed by atoms with Crippen LogP contribution in [0.4, 0.5) is 8.78 Å². The number of aliphatic carboxylic acids is 1. The predicted molar refractivity (Wildman–Crippen MR) is 97.3 cm³/mol. The van der Waals surface area contributed by atoms with Crippen molar-refractivity contribution in [2.45, 2.75) is 18.9 Å². The molecule has 0 aliphatic carbocycles. The van der Waals surface area contributed by atoms with Gasteiger partial charge in [0.05, 0.1) is 6.42 Å². The summed E-state index contributed by atoms with van der Waals surface area (Å²) in [5, 5.41) is 13.8. The lowest BCUT2D eigenvalue weighted by Gasteiger charge is -2.16. The van der Waals surface area contributed by atoms with Crippen LogP contribution in [0.25, 0.3) is 10.8 Å². The minimum absolute atomic E-state index is 0.0972. The number of fused-ring (bicyclic) bond motifs is 1. The highest BCUT2D eigenvalue weighted by Gasteiger charge is 2.21. The van der Waals surface area contributed by atoms with Gasteiger partial charge in [-0.2, -0.15) is 0 Å². The zero-order valence-corrected chi connectivity index (χ0v) is 14.3. The molecule has 0 aromatic heterocycles. The van der Waals surface area contributed by atoms with Crippen molar-refractivity contribution in [3.8, 4) is 0 Å². The first-order valence-electron chi connectivity index (χ1n) is 8.36. The SMILES string of the molecule is O=C(Cc1cc(F)cc(F)c1)N[C@H](Cc1cccc2ccccc12)C(=O)O. The molecule has 1 atom stereocenters. The molecule has 0 saturated heterocycles. The van der Waals surface area contributed by atoms with E-state index < -0.39 is 29.6 Å². The van der Waals surface area contributed by atoms with Crippen LogP contribution in [-0.4, -0.2) is 23.0 Å². The average Bonchev–Trinajstić information content (AvgIpc) is 2.60. The summed E-state index contributed by atoms with van der Waals surface area (Å²) < 4.78 is 26.5. The Hall–Kier alpha value is -3.28. The van der Waals surface area contributed by atoms with Crippen molar-refractivity contribution in [3.05, 3.63) is 83.4 Å². The normalized spacial score (nSPS) is 11.9. The van der Waals surface area contributed by atoms with E-state index in [1.165, 1.54) is 0 Å². The second kappa shape index (κ2) is 7.95. The molecule has 3 aromatic rings. The van der Waals surface area contributed by atoms with Gasteiger partial charge in [0.2, 0.25) is 5.91 Å². The molecule has 0 aliphatic heterocycles. The molecule has 0 fully saturated rings. The second-order valence-corrected chi connectivity index (χ2v) is 6.26. The number of carboxylic acids is 1. The summed E-state index contributed by atoms with van der Waals surface area (Å²) in [6.45, 7) is 0. The highest BCUT2D eigenvalue weighted by Crippen LogP contribution is 2.20. The van der Waals surface area contributed by atoms with Crippen molar-refractivity contribution in [3.63, 3.8) is 0 Å². The summed E-state index contributed by atoms with van der Waals surface area (Å²) in [4.78, 5) is 23.8. The largest absolute Gasteiger partial charge is 0.480 e. The maximum atomic E-state index is 13.2. The molecule has 0 saturated carbocycles. The van der Waals surface area contributed by atoms with Crippen LogP contribution < -0.4 is 5.32 Å². The molecule has 3 rings (SSSR count). The van der Waals surface area contributed by atoms with Crippen molar-refractivity contribution in [2.24, 2.45) is 0 Å². The lowest BCUT2D eigenvalue weighted by Crippen LogP contribution is -2.43. The van der Waals surface area contributed by atoms with E-state index >= 15 is 0 Å². The van der Waals surface area contributed by atoms with E-state index in [0.29, 0.717) is 6.07 Å². The molecule has 27 heavy (non-hydrogen) atoms. The van der Waals surface area contributed by atoms with Crippen molar-refractivity contribution in [1.82, 2.24) is 5.32 Å². The van der Waals surface area contributed by atoms with Crippen LogP contribution >= 0.6 is 0 Å². The van der Waals surface area contributed by atoms with Crippen LogP contribution in [0.5, 0.6) is 0 Å². The molecule has 1 amide bonds. The van der Waals surface area contributed by atoms with Gasteiger partial charge in [-0.05, 0) is 34.0 Å². The van der Waals surface area contributed by atoms with Crippen molar-refractivity contribution < 1.29 is 23.5 Å². The maximum Gasteiger partial charge on any atom is 0.326 e. The van der Waals surface area contributed by atoms with Gasteiger partial charge in [0.25, 0.3) is 0 Å². The molecule has 6 heteroatoms. The molecule has 2 N–H and O–H groups in total. The molecular weight excluding hydrogens is 352 g/mol. The minimum atomic E-state index is -1.18. The highest BCUT2D eigenvalue weighted by atomic mass is 19.1. The third-order valence-corrected chi connectivity index (χ3v) is 4.22. The molecule has 0 spiro atoms. The Morgan fingerprint density at radius 1 is 0.963 bits per heavy atom. The fourth-order valence-corrected chi connectivity index (χ4v) is 3.03. The van der Waals surface area contributed by atoms with Crippen LogP contribution in [0.1, 0.15) is 11.1 Å². The fraction of sp³-hybridized carbons (Fsp3) is 0.143. The Bertz CT molecular complexity index is 978. The first-order chi connectivity index (χ1) is 12.9. The number of hydrogen-bond donors (Lipinski definition) is 2. The van der Waals surface area contributed by atoms with E-state index in [-0.39, 0.29) is 18.4 Å². The van der Waals surface area contributed by atoms with Crippen LogP contribution in [0.2, 0.25) is 0 Å². The number of rotatable bonds is 6. The quantitative estimate of drug-likeness (QED) is 0.699. The number of hydrogen-bond acceptors (Lipinski definition) is 2. The van der Waals surface area contributed by atoms with Gasteiger partial charge < -0.3 is 10.4 Å². The Morgan fingerprint density at radius 3 is 2.33 bits per heavy atom. The third-order valence-electron chi connectivity index (χ3n) is 4.22.